The molecule has 2 atom stereocenters. The van der Waals surface area contributed by atoms with E-state index in [4.69, 9.17) is 4.74 Å². The fraction of sp³-hybridized carbons (Fsp3) is 0.778. The summed E-state index contributed by atoms with van der Waals surface area (Å²) in [6.45, 7) is 5.11. The van der Waals surface area contributed by atoms with E-state index in [0.29, 0.717) is 18.6 Å². The second-order valence-corrected chi connectivity index (χ2v) is 4.73. The predicted octanol–water partition coefficient (Wildman–Crippen LogP) is 1.58. The molecule has 0 aliphatic carbocycles. The van der Waals surface area contributed by atoms with Gasteiger partial charge in [-0.3, -0.25) is 4.99 Å². The predicted molar refractivity (Wildman–Crippen MR) is 56.8 cm³/mol. The molecule has 2 aliphatic rings. The summed E-state index contributed by atoms with van der Waals surface area (Å²) in [6.07, 6.45) is 1.54. The highest BCUT2D eigenvalue weighted by atomic mass is 32.2. The van der Waals surface area contributed by atoms with E-state index in [1.54, 1.807) is 0 Å². The number of hydrogen-bond donors (Lipinski definition) is 0. The van der Waals surface area contributed by atoms with Crippen molar-refractivity contribution in [3.05, 3.63) is 0 Å². The Bertz CT molecular complexity index is 250. The number of ether oxygens (including phenoxy) is 1. The van der Waals surface area contributed by atoms with Crippen LogP contribution in [0, 0.1) is 5.92 Å². The lowest BCUT2D eigenvalue weighted by Gasteiger charge is -2.08. The highest BCUT2D eigenvalue weighted by molar-refractivity contribution is 8.14. The van der Waals surface area contributed by atoms with Gasteiger partial charge in [-0.1, -0.05) is 13.8 Å². The van der Waals surface area contributed by atoms with E-state index in [2.05, 4.69) is 23.8 Å². The molecule has 0 amide bonds. The summed E-state index contributed by atoms with van der Waals surface area (Å²) in [5, 5.41) is 1.16. The van der Waals surface area contributed by atoms with E-state index < -0.39 is 0 Å². The van der Waals surface area contributed by atoms with Crippen molar-refractivity contribution in [2.45, 2.75) is 25.9 Å². The van der Waals surface area contributed by atoms with Gasteiger partial charge in [-0.2, -0.15) is 0 Å². The zero-order valence-electron chi connectivity index (χ0n) is 7.93. The first-order valence-corrected chi connectivity index (χ1v) is 5.59. The van der Waals surface area contributed by atoms with Crippen molar-refractivity contribution in [3.8, 4) is 0 Å². The molecule has 0 aromatic rings. The largest absolute Gasteiger partial charge is 0.481 e. The zero-order chi connectivity index (χ0) is 9.26. The summed E-state index contributed by atoms with van der Waals surface area (Å²) in [5.74, 6) is 1.75. The van der Waals surface area contributed by atoms with Gasteiger partial charge in [0.05, 0.1) is 11.1 Å². The first-order valence-electron chi connectivity index (χ1n) is 4.61. The Morgan fingerprint density at radius 1 is 1.62 bits per heavy atom. The summed E-state index contributed by atoms with van der Waals surface area (Å²) < 4.78 is 5.08. The first-order chi connectivity index (χ1) is 6.27. The molecule has 0 spiro atoms. The van der Waals surface area contributed by atoms with Crippen LogP contribution in [-0.4, -0.2) is 35.9 Å². The van der Waals surface area contributed by atoms with E-state index in [0.717, 1.165) is 10.8 Å². The molecule has 0 saturated carbocycles. The molecular formula is C9H14N2OS. The second kappa shape index (κ2) is 3.70. The van der Waals surface area contributed by atoms with Crippen LogP contribution in [0.2, 0.25) is 0 Å². The van der Waals surface area contributed by atoms with Crippen LogP contribution >= 0.6 is 11.8 Å². The van der Waals surface area contributed by atoms with E-state index in [-0.39, 0.29) is 6.04 Å². The van der Waals surface area contributed by atoms with Crippen molar-refractivity contribution >= 4 is 23.2 Å². The van der Waals surface area contributed by atoms with Gasteiger partial charge in [-0.25, -0.2) is 4.99 Å². The average Bonchev–Trinajstić information content (AvgIpc) is 2.75. The molecule has 72 valence electrons. The third kappa shape index (κ3) is 1.88. The van der Waals surface area contributed by atoms with Gasteiger partial charge in [0.15, 0.2) is 6.40 Å². The Labute approximate surface area is 82.7 Å². The SMILES string of the molecule is CC(C)C1CSC(C2COC=N2)=N1. The number of nitrogens with zero attached hydrogens (tertiary/aromatic N) is 2. The molecule has 0 aromatic heterocycles. The van der Waals surface area contributed by atoms with E-state index in [1.807, 2.05) is 11.8 Å². The maximum atomic E-state index is 5.08. The molecule has 0 N–H and O–H groups in total. The summed E-state index contributed by atoms with van der Waals surface area (Å²) in [6, 6.07) is 0.671. The average molecular weight is 198 g/mol. The third-order valence-corrected chi connectivity index (χ3v) is 3.50. The topological polar surface area (TPSA) is 34.0 Å². The summed E-state index contributed by atoms with van der Waals surface area (Å²) in [4.78, 5) is 8.87. The molecule has 0 saturated heterocycles. The van der Waals surface area contributed by atoms with Crippen molar-refractivity contribution < 1.29 is 4.74 Å². The summed E-state index contributed by atoms with van der Waals surface area (Å²) >= 11 is 1.83. The van der Waals surface area contributed by atoms with Crippen LogP contribution < -0.4 is 0 Å². The van der Waals surface area contributed by atoms with Gasteiger partial charge in [0, 0.05) is 5.75 Å². The van der Waals surface area contributed by atoms with E-state index in [1.165, 1.54) is 6.40 Å². The van der Waals surface area contributed by atoms with Crippen LogP contribution in [0.5, 0.6) is 0 Å². The fourth-order valence-corrected chi connectivity index (χ4v) is 2.69. The Kier molecular flexibility index (Phi) is 2.58. The molecule has 4 heteroatoms. The molecule has 2 unspecified atom stereocenters. The molecule has 2 rings (SSSR count). The normalized spacial score (nSPS) is 32.4. The van der Waals surface area contributed by atoms with Crippen LogP contribution in [0.3, 0.4) is 0 Å². The third-order valence-electron chi connectivity index (χ3n) is 2.32. The van der Waals surface area contributed by atoms with Crippen molar-refractivity contribution in [1.82, 2.24) is 0 Å². The highest BCUT2D eigenvalue weighted by Crippen LogP contribution is 2.26. The lowest BCUT2D eigenvalue weighted by Crippen LogP contribution is -2.16. The van der Waals surface area contributed by atoms with Crippen LogP contribution in [0.1, 0.15) is 13.8 Å². The molecule has 13 heavy (non-hydrogen) atoms. The van der Waals surface area contributed by atoms with Gasteiger partial charge >= 0.3 is 0 Å². The quantitative estimate of drug-likeness (QED) is 0.675. The number of thioether (sulfide) groups is 1. The van der Waals surface area contributed by atoms with Crippen molar-refractivity contribution in [3.63, 3.8) is 0 Å². The molecule has 0 fully saturated rings. The fourth-order valence-electron chi connectivity index (χ4n) is 1.36. The molecular weight excluding hydrogens is 184 g/mol. The molecule has 0 bridgehead atoms. The van der Waals surface area contributed by atoms with Crippen LogP contribution in [0.15, 0.2) is 9.98 Å². The van der Waals surface area contributed by atoms with Crippen LogP contribution in [0.4, 0.5) is 0 Å². The van der Waals surface area contributed by atoms with Gasteiger partial charge in [-0.05, 0) is 5.92 Å². The smallest absolute Gasteiger partial charge is 0.170 e. The molecule has 0 aromatic carbocycles. The van der Waals surface area contributed by atoms with Crippen molar-refractivity contribution in [2.75, 3.05) is 12.4 Å². The van der Waals surface area contributed by atoms with Crippen molar-refractivity contribution in [1.29, 1.82) is 0 Å². The van der Waals surface area contributed by atoms with Gasteiger partial charge in [0.2, 0.25) is 0 Å². The van der Waals surface area contributed by atoms with Gasteiger partial charge in [0.25, 0.3) is 0 Å². The lowest BCUT2D eigenvalue weighted by molar-refractivity contribution is 0.349. The maximum Gasteiger partial charge on any atom is 0.170 e. The minimum absolute atomic E-state index is 0.189. The number of rotatable bonds is 2. The molecule has 0 radical (unpaired) electrons. The summed E-state index contributed by atoms with van der Waals surface area (Å²) in [7, 11) is 0. The molecule has 2 heterocycles. The summed E-state index contributed by atoms with van der Waals surface area (Å²) in [5.41, 5.74) is 0. The Morgan fingerprint density at radius 2 is 2.46 bits per heavy atom. The Balaban J connectivity index is 2.01. The lowest BCUT2D eigenvalue weighted by atomic mass is 10.1. The minimum Gasteiger partial charge on any atom is -0.481 e. The number of hydrogen-bond acceptors (Lipinski definition) is 4. The zero-order valence-corrected chi connectivity index (χ0v) is 8.75. The van der Waals surface area contributed by atoms with Crippen LogP contribution in [0.25, 0.3) is 0 Å². The first kappa shape index (κ1) is 9.06. The number of aliphatic imine (C=N–C) groups is 2. The maximum absolute atomic E-state index is 5.08. The Morgan fingerprint density at radius 3 is 3.00 bits per heavy atom. The highest BCUT2D eigenvalue weighted by Gasteiger charge is 2.27. The standard InChI is InChI=1S/C9H14N2OS/c1-6(2)8-4-13-9(11-8)7-3-12-5-10-7/h5-8H,3-4H2,1-2H3. The Hall–Kier alpha value is -0.510. The second-order valence-electron chi connectivity index (χ2n) is 3.69. The molecule has 2 aliphatic heterocycles. The minimum atomic E-state index is 0.189. The molecule has 3 nitrogen and oxygen atoms in total. The van der Waals surface area contributed by atoms with Gasteiger partial charge in [0.1, 0.15) is 12.6 Å². The van der Waals surface area contributed by atoms with Gasteiger partial charge < -0.3 is 4.74 Å². The van der Waals surface area contributed by atoms with E-state index in [9.17, 15) is 0 Å². The van der Waals surface area contributed by atoms with Crippen molar-refractivity contribution in [2.24, 2.45) is 15.9 Å². The van der Waals surface area contributed by atoms with Crippen LogP contribution in [-0.2, 0) is 4.74 Å². The monoisotopic (exact) mass is 198 g/mol. The van der Waals surface area contributed by atoms with E-state index >= 15 is 0 Å². The van der Waals surface area contributed by atoms with Gasteiger partial charge in [-0.15, -0.1) is 11.8 Å².